The van der Waals surface area contributed by atoms with E-state index >= 15 is 8.78 Å². The van der Waals surface area contributed by atoms with E-state index in [1.807, 2.05) is 45.9 Å². The number of fused-ring (bicyclic) bond motifs is 2. The van der Waals surface area contributed by atoms with Crippen LogP contribution in [0.5, 0.6) is 0 Å². The molecule has 4 aromatic rings. The van der Waals surface area contributed by atoms with E-state index in [-0.39, 0.29) is 64.8 Å². The van der Waals surface area contributed by atoms with Crippen molar-refractivity contribution in [3.63, 3.8) is 0 Å². The average molecular weight is 953 g/mol. The van der Waals surface area contributed by atoms with E-state index in [0.717, 1.165) is 53.0 Å². The summed E-state index contributed by atoms with van der Waals surface area (Å²) in [6.45, 7) is 13.9. The summed E-state index contributed by atoms with van der Waals surface area (Å²) >= 11 is 0. The van der Waals surface area contributed by atoms with Crippen molar-refractivity contribution in [2.24, 2.45) is 23.2 Å². The Morgan fingerprint density at radius 3 is 1.90 bits per heavy atom. The van der Waals surface area contributed by atoms with Gasteiger partial charge in [0.05, 0.1) is 54.1 Å². The van der Waals surface area contributed by atoms with Gasteiger partial charge in [0.2, 0.25) is 11.8 Å². The summed E-state index contributed by atoms with van der Waals surface area (Å²) in [6.07, 6.45) is 8.10. The van der Waals surface area contributed by atoms with Gasteiger partial charge in [-0.15, -0.1) is 0 Å². The second-order valence-corrected chi connectivity index (χ2v) is 21.0. The van der Waals surface area contributed by atoms with Gasteiger partial charge in [-0.3, -0.25) is 9.59 Å². The number of carbonyl (C=O) groups is 4. The summed E-state index contributed by atoms with van der Waals surface area (Å²) in [5.74, 6) is -0.604. The van der Waals surface area contributed by atoms with Crippen LogP contribution >= 0.6 is 0 Å². The zero-order chi connectivity index (χ0) is 49.1. The highest BCUT2D eigenvalue weighted by Crippen LogP contribution is 2.47. The minimum absolute atomic E-state index is 0.00237. The number of halogens is 2. The summed E-state index contributed by atoms with van der Waals surface area (Å²) < 4.78 is 42.4. The molecule has 4 amide bonds. The van der Waals surface area contributed by atoms with Crippen molar-refractivity contribution in [1.29, 1.82) is 0 Å². The number of carbonyl (C=O) groups excluding carboxylic acids is 4. The van der Waals surface area contributed by atoms with Crippen LogP contribution in [0.25, 0.3) is 23.2 Å². The molecule has 9 rings (SSSR count). The molecule has 0 radical (unpaired) electrons. The second kappa shape index (κ2) is 18.9. The van der Waals surface area contributed by atoms with Crippen molar-refractivity contribution in [3.8, 4) is 0 Å². The number of rotatable bonds is 12. The van der Waals surface area contributed by atoms with Crippen molar-refractivity contribution in [2.45, 2.75) is 123 Å². The molecule has 0 saturated carbocycles. The quantitative estimate of drug-likeness (QED) is 0.123. The largest absolute Gasteiger partial charge is 0.453 e. The highest BCUT2D eigenvalue weighted by atomic mass is 19.1. The van der Waals surface area contributed by atoms with Gasteiger partial charge in [0.1, 0.15) is 29.4 Å². The fourth-order valence-electron chi connectivity index (χ4n) is 11.6. The number of nitrogens with zero attached hydrogens (tertiary/aromatic N) is 6. The first-order valence-corrected chi connectivity index (χ1v) is 24.5. The fraction of sp³-hybridized carbons (Fsp3) is 0.569. The number of imidazole rings is 2. The number of methoxy groups -OCH3 is 2. The molecule has 1 aliphatic carbocycles. The van der Waals surface area contributed by atoms with Gasteiger partial charge in [-0.05, 0) is 92.0 Å². The summed E-state index contributed by atoms with van der Waals surface area (Å²) in [7, 11) is 2.55. The molecule has 4 aliphatic heterocycles. The molecule has 69 heavy (non-hydrogen) atoms. The fourth-order valence-corrected chi connectivity index (χ4v) is 11.6. The number of aromatic amines is 2. The number of amides is 4. The maximum atomic E-state index is 16.4. The SMILES string of the molecule is COC(=O)N[C@H](C(=O)N1CCC[C@H]1c1nc2c([nH]1)=CCC([C@H]1CC[C@H](c3ccc4[nH]c([C@@H]5CCCN5C(=O)[C@@H](NC(=O)OC)C(C)C)nc4c3)N1c1cc(F)c(N3CC(C)(C)C3)c(F)c1)C=2)C(C)C. The van der Waals surface area contributed by atoms with Crippen LogP contribution in [0, 0.1) is 34.8 Å². The van der Waals surface area contributed by atoms with Crippen molar-refractivity contribution in [1.82, 2.24) is 40.4 Å². The first kappa shape index (κ1) is 47.8. The monoisotopic (exact) mass is 953 g/mol. The molecular weight excluding hydrogens is 887 g/mol. The third kappa shape index (κ3) is 9.22. The first-order valence-electron chi connectivity index (χ1n) is 24.5. The van der Waals surface area contributed by atoms with Crippen LogP contribution in [0.1, 0.15) is 122 Å². The van der Waals surface area contributed by atoms with Crippen LogP contribution in [0.3, 0.4) is 0 Å². The number of anilines is 2. The molecule has 4 saturated heterocycles. The zero-order valence-electron chi connectivity index (χ0n) is 40.9. The van der Waals surface area contributed by atoms with Gasteiger partial charge in [-0.1, -0.05) is 59.8 Å². The van der Waals surface area contributed by atoms with E-state index in [2.05, 4.69) is 51.5 Å². The Morgan fingerprint density at radius 2 is 1.35 bits per heavy atom. The van der Waals surface area contributed by atoms with Crippen LogP contribution in [-0.2, 0) is 19.1 Å². The van der Waals surface area contributed by atoms with E-state index < -0.39 is 35.9 Å². The molecule has 0 bridgehead atoms. The van der Waals surface area contributed by atoms with E-state index in [9.17, 15) is 19.2 Å². The highest BCUT2D eigenvalue weighted by Gasteiger charge is 2.43. The average Bonchev–Trinajstić information content (AvgIpc) is 4.16. The number of hydrogen-bond acceptors (Lipinski definition) is 10. The number of hydrogen-bond donors (Lipinski definition) is 4. The third-order valence-corrected chi connectivity index (χ3v) is 14.9. The van der Waals surface area contributed by atoms with Crippen LogP contribution in [0.15, 0.2) is 30.3 Å². The lowest BCUT2D eigenvalue weighted by Crippen LogP contribution is -2.53. The Bertz CT molecular complexity index is 2720. The predicted octanol–water partition coefficient (Wildman–Crippen LogP) is 6.49. The zero-order valence-corrected chi connectivity index (χ0v) is 40.9. The van der Waals surface area contributed by atoms with Crippen molar-refractivity contribution in [3.05, 3.63) is 69.9 Å². The van der Waals surface area contributed by atoms with Crippen LogP contribution in [-0.4, -0.2) is 112 Å². The molecule has 2 aromatic heterocycles. The molecule has 7 atom stereocenters. The molecule has 1 unspecified atom stereocenters. The Hall–Kier alpha value is -6.20. The van der Waals surface area contributed by atoms with Crippen molar-refractivity contribution < 1.29 is 37.4 Å². The van der Waals surface area contributed by atoms with E-state index in [4.69, 9.17) is 19.4 Å². The lowest BCUT2D eigenvalue weighted by atomic mass is 9.84. The highest BCUT2D eigenvalue weighted by molar-refractivity contribution is 5.87. The smallest absolute Gasteiger partial charge is 0.407 e. The number of likely N-dealkylation sites (tertiary alicyclic amines) is 2. The Kier molecular flexibility index (Phi) is 13.1. The van der Waals surface area contributed by atoms with Crippen LogP contribution in [0.2, 0.25) is 0 Å². The molecule has 5 aliphatic rings. The predicted molar refractivity (Wildman–Crippen MR) is 257 cm³/mol. The van der Waals surface area contributed by atoms with Crippen LogP contribution in [0.4, 0.5) is 29.7 Å². The van der Waals surface area contributed by atoms with Crippen LogP contribution < -0.4 is 31.1 Å². The normalized spacial score (nSPS) is 23.9. The number of benzene rings is 2. The molecule has 4 N–H and O–H groups in total. The Labute approximate surface area is 401 Å². The van der Waals surface area contributed by atoms with Gasteiger partial charge in [0.15, 0.2) is 11.6 Å². The maximum Gasteiger partial charge on any atom is 0.407 e. The number of aromatic nitrogens is 4. The Morgan fingerprint density at radius 1 is 0.768 bits per heavy atom. The molecule has 2 aromatic carbocycles. The topological polar surface area (TPSA) is 181 Å². The minimum atomic E-state index is -0.758. The first-order chi connectivity index (χ1) is 32.9. The van der Waals surface area contributed by atoms with E-state index in [1.165, 1.54) is 26.4 Å². The standard InChI is InChI=1S/C51H66F2N10O6/c1-27(2)42(58-49(66)68-7)47(64)61-19-9-11-40(61)45-54-34-15-13-29(21-36(34)56-45)38-17-18-39(63(38)31-23-32(52)44(33(53)24-31)60-25-51(5,6)26-60)30-14-16-35-37(22-30)57-46(55-35)41-12-10-20-62(41)48(65)43(28(3)4)59-50(67)69-8/h13,15-16,21-24,27-28,30,38-43H,9-12,14,17-20,25-26H2,1-8H3,(H,54,56)(H,55,57)(H,58,66)(H,59,67)/t30?,38-,39-,40+,41+,42+,43+/m1/s1. The van der Waals surface area contributed by atoms with Gasteiger partial charge in [-0.2, -0.15) is 0 Å². The van der Waals surface area contributed by atoms with Gasteiger partial charge in [0, 0.05) is 43.8 Å². The van der Waals surface area contributed by atoms with Crippen molar-refractivity contribution >= 4 is 58.6 Å². The summed E-state index contributed by atoms with van der Waals surface area (Å²) in [5, 5.41) is 7.07. The maximum absolute atomic E-state index is 16.4. The minimum Gasteiger partial charge on any atom is -0.453 e. The lowest BCUT2D eigenvalue weighted by Gasteiger charge is -2.47. The summed E-state index contributed by atoms with van der Waals surface area (Å²) in [5.41, 5.74) is 2.92. The molecule has 0 spiro atoms. The van der Waals surface area contributed by atoms with Gasteiger partial charge >= 0.3 is 12.2 Å². The number of nitrogens with one attached hydrogen (secondary N) is 4. The third-order valence-electron chi connectivity index (χ3n) is 14.9. The molecular formula is C51H66F2N10O6. The Balaban J connectivity index is 1.02. The van der Waals surface area contributed by atoms with Gasteiger partial charge in [0.25, 0.3) is 0 Å². The van der Waals surface area contributed by atoms with Gasteiger partial charge in [-0.25, -0.2) is 28.3 Å². The summed E-state index contributed by atoms with van der Waals surface area (Å²) in [6, 6.07) is 6.54. The molecule has 6 heterocycles. The number of alkyl carbamates (subject to hydrolysis) is 2. The van der Waals surface area contributed by atoms with Crippen molar-refractivity contribution in [2.75, 3.05) is 50.2 Å². The molecule has 16 nitrogen and oxygen atoms in total. The second-order valence-electron chi connectivity index (χ2n) is 21.0. The number of H-pyrrole nitrogens is 2. The van der Waals surface area contributed by atoms with Gasteiger partial charge < -0.3 is 49.7 Å². The number of ether oxygens (including phenoxy) is 2. The lowest BCUT2D eigenvalue weighted by molar-refractivity contribution is -0.136. The molecule has 370 valence electrons. The van der Waals surface area contributed by atoms with E-state index in [1.54, 1.807) is 14.7 Å². The molecule has 4 fully saturated rings. The molecule has 18 heteroatoms. The van der Waals surface area contributed by atoms with E-state index in [0.29, 0.717) is 62.8 Å². The summed E-state index contributed by atoms with van der Waals surface area (Å²) in [4.78, 5) is 76.9.